The second-order valence-electron chi connectivity index (χ2n) is 3.61. The molecule has 0 aliphatic rings. The molecule has 1 N–H and O–H groups in total. The lowest BCUT2D eigenvalue weighted by atomic mass is 10.2. The number of nitrogens with one attached hydrogen (secondary N) is 1. The molecular formula is C13H11BrN4O3. The Hall–Kier alpha value is -2.58. The van der Waals surface area contributed by atoms with E-state index in [9.17, 15) is 4.79 Å². The van der Waals surface area contributed by atoms with Crippen LogP contribution in [0.1, 0.15) is 12.0 Å². The molecule has 108 valence electrons. The van der Waals surface area contributed by atoms with Gasteiger partial charge in [-0.25, -0.2) is 5.43 Å². The first-order valence-electron chi connectivity index (χ1n) is 5.68. The average Bonchev–Trinajstić information content (AvgIpc) is 2.46. The Bertz CT molecular complexity index is 632. The zero-order chi connectivity index (χ0) is 15.7. The quantitative estimate of drug-likeness (QED) is 0.620. The van der Waals surface area contributed by atoms with Gasteiger partial charge in [-0.1, -0.05) is 0 Å². The van der Waals surface area contributed by atoms with E-state index in [1.165, 1.54) is 13.3 Å². The third-order valence-corrected chi connectivity index (χ3v) is 2.76. The molecule has 0 heterocycles. The number of carbonyl (C=O) groups is 1. The van der Waals surface area contributed by atoms with Crippen LogP contribution in [0.2, 0.25) is 0 Å². The molecule has 0 bridgehead atoms. The molecule has 21 heavy (non-hydrogen) atoms. The van der Waals surface area contributed by atoms with Gasteiger partial charge < -0.3 is 9.47 Å². The van der Waals surface area contributed by atoms with Gasteiger partial charge in [-0.3, -0.25) is 4.79 Å². The molecule has 0 fully saturated rings. The minimum Gasteiger partial charge on any atom is -0.493 e. The SMILES string of the molecule is COc1cc(/C=N/NC(=O)CC#N)cc(Br)c1OCC#N. The maximum Gasteiger partial charge on any atom is 0.254 e. The third kappa shape index (κ3) is 5.13. The van der Waals surface area contributed by atoms with Crippen LogP contribution >= 0.6 is 15.9 Å². The van der Waals surface area contributed by atoms with Crippen LogP contribution < -0.4 is 14.9 Å². The molecule has 8 heteroatoms. The first kappa shape index (κ1) is 16.5. The second kappa shape index (κ2) is 8.56. The van der Waals surface area contributed by atoms with Gasteiger partial charge in [0.1, 0.15) is 12.5 Å². The minimum absolute atomic E-state index is 0.105. The van der Waals surface area contributed by atoms with E-state index in [0.717, 1.165) is 0 Å². The summed E-state index contributed by atoms with van der Waals surface area (Å²) in [4.78, 5) is 11.1. The van der Waals surface area contributed by atoms with Crippen LogP contribution in [0.3, 0.4) is 0 Å². The predicted molar refractivity (Wildman–Crippen MR) is 77.8 cm³/mol. The number of methoxy groups -OCH3 is 1. The number of amides is 1. The molecule has 0 atom stereocenters. The van der Waals surface area contributed by atoms with Crippen LogP contribution in [0.25, 0.3) is 0 Å². The lowest BCUT2D eigenvalue weighted by molar-refractivity contribution is -0.120. The summed E-state index contributed by atoms with van der Waals surface area (Å²) >= 11 is 3.31. The standard InChI is InChI=1S/C13H11BrN4O3/c1-20-11-7-9(8-17-18-12(19)2-3-15)6-10(14)13(11)21-5-4-16/h6-8H,2,5H2,1H3,(H,18,19)/b17-8+. The summed E-state index contributed by atoms with van der Waals surface area (Å²) in [6.45, 7) is -0.105. The van der Waals surface area contributed by atoms with E-state index in [0.29, 0.717) is 21.5 Å². The van der Waals surface area contributed by atoms with Crippen molar-refractivity contribution in [3.63, 3.8) is 0 Å². The van der Waals surface area contributed by atoms with Crippen molar-refractivity contribution in [2.75, 3.05) is 13.7 Å². The highest BCUT2D eigenvalue weighted by molar-refractivity contribution is 9.10. The number of hydrogen-bond acceptors (Lipinski definition) is 6. The molecule has 7 nitrogen and oxygen atoms in total. The van der Waals surface area contributed by atoms with Gasteiger partial charge >= 0.3 is 0 Å². The van der Waals surface area contributed by atoms with Gasteiger partial charge in [0.05, 0.1) is 23.9 Å². The molecule has 0 aliphatic carbocycles. The van der Waals surface area contributed by atoms with Crippen molar-refractivity contribution in [2.45, 2.75) is 6.42 Å². The zero-order valence-corrected chi connectivity index (χ0v) is 12.7. The number of carbonyl (C=O) groups excluding carboxylic acids is 1. The van der Waals surface area contributed by atoms with Gasteiger partial charge in [-0.2, -0.15) is 15.6 Å². The molecule has 1 rings (SSSR count). The Morgan fingerprint density at radius 3 is 2.86 bits per heavy atom. The number of hydrogen-bond donors (Lipinski definition) is 1. The molecule has 1 aromatic carbocycles. The van der Waals surface area contributed by atoms with Crippen molar-refractivity contribution in [2.24, 2.45) is 5.10 Å². The van der Waals surface area contributed by atoms with Crippen LogP contribution in [0.15, 0.2) is 21.7 Å². The Morgan fingerprint density at radius 2 is 2.24 bits per heavy atom. The van der Waals surface area contributed by atoms with Crippen LogP contribution in [0.4, 0.5) is 0 Å². The summed E-state index contributed by atoms with van der Waals surface area (Å²) in [6, 6.07) is 6.91. The van der Waals surface area contributed by atoms with Crippen LogP contribution in [-0.2, 0) is 4.79 Å². The average molecular weight is 351 g/mol. The Balaban J connectivity index is 2.88. The summed E-state index contributed by atoms with van der Waals surface area (Å²) in [6.07, 6.45) is 1.14. The highest BCUT2D eigenvalue weighted by Gasteiger charge is 2.11. The number of nitriles is 2. The van der Waals surface area contributed by atoms with E-state index in [2.05, 4.69) is 26.5 Å². The van der Waals surface area contributed by atoms with Crippen molar-refractivity contribution in [1.82, 2.24) is 5.43 Å². The lowest BCUT2D eigenvalue weighted by Gasteiger charge is -2.11. The highest BCUT2D eigenvalue weighted by Crippen LogP contribution is 2.36. The molecule has 1 amide bonds. The summed E-state index contributed by atoms with van der Waals surface area (Å²) in [7, 11) is 1.47. The zero-order valence-electron chi connectivity index (χ0n) is 11.1. The van der Waals surface area contributed by atoms with E-state index < -0.39 is 5.91 Å². The Labute approximate surface area is 129 Å². The largest absolute Gasteiger partial charge is 0.493 e. The summed E-state index contributed by atoms with van der Waals surface area (Å²) in [5.74, 6) is 0.336. The maximum atomic E-state index is 11.1. The summed E-state index contributed by atoms with van der Waals surface area (Å²) in [5.41, 5.74) is 2.85. The van der Waals surface area contributed by atoms with Gasteiger partial charge in [-0.15, -0.1) is 0 Å². The summed E-state index contributed by atoms with van der Waals surface area (Å²) in [5, 5.41) is 20.6. The van der Waals surface area contributed by atoms with Crippen LogP contribution in [-0.4, -0.2) is 25.8 Å². The second-order valence-corrected chi connectivity index (χ2v) is 4.46. The van der Waals surface area contributed by atoms with E-state index in [-0.39, 0.29) is 13.0 Å². The van der Waals surface area contributed by atoms with E-state index in [1.807, 2.05) is 6.07 Å². The van der Waals surface area contributed by atoms with E-state index in [4.69, 9.17) is 20.0 Å². The number of hydrazone groups is 1. The smallest absolute Gasteiger partial charge is 0.254 e. The topological polar surface area (TPSA) is 108 Å². The number of nitrogens with zero attached hydrogens (tertiary/aromatic N) is 3. The molecule has 0 saturated heterocycles. The van der Waals surface area contributed by atoms with E-state index in [1.54, 1.807) is 18.2 Å². The van der Waals surface area contributed by atoms with Crippen molar-refractivity contribution in [1.29, 1.82) is 10.5 Å². The Morgan fingerprint density at radius 1 is 1.48 bits per heavy atom. The fourth-order valence-electron chi connectivity index (χ4n) is 1.35. The van der Waals surface area contributed by atoms with Crippen molar-refractivity contribution >= 4 is 28.1 Å². The van der Waals surface area contributed by atoms with Gasteiger partial charge in [0.15, 0.2) is 18.1 Å². The number of halogens is 1. The van der Waals surface area contributed by atoms with Crippen LogP contribution in [0.5, 0.6) is 11.5 Å². The maximum absolute atomic E-state index is 11.1. The third-order valence-electron chi connectivity index (χ3n) is 2.18. The molecule has 0 aromatic heterocycles. The van der Waals surface area contributed by atoms with Gasteiger partial charge in [0.2, 0.25) is 0 Å². The number of rotatable bonds is 6. The van der Waals surface area contributed by atoms with Gasteiger partial charge in [0.25, 0.3) is 5.91 Å². The molecular weight excluding hydrogens is 340 g/mol. The molecule has 0 radical (unpaired) electrons. The molecule has 0 aliphatic heterocycles. The lowest BCUT2D eigenvalue weighted by Crippen LogP contribution is -2.16. The fraction of sp³-hybridized carbons (Fsp3) is 0.231. The van der Waals surface area contributed by atoms with Crippen molar-refractivity contribution < 1.29 is 14.3 Å². The van der Waals surface area contributed by atoms with Gasteiger partial charge in [-0.05, 0) is 33.6 Å². The van der Waals surface area contributed by atoms with Crippen molar-refractivity contribution in [3.05, 3.63) is 22.2 Å². The highest BCUT2D eigenvalue weighted by atomic mass is 79.9. The van der Waals surface area contributed by atoms with Crippen LogP contribution in [0, 0.1) is 22.7 Å². The molecule has 0 spiro atoms. The fourth-order valence-corrected chi connectivity index (χ4v) is 1.92. The molecule has 1 aromatic rings. The normalized spacial score (nSPS) is 9.71. The van der Waals surface area contributed by atoms with Crippen molar-refractivity contribution in [3.8, 4) is 23.6 Å². The predicted octanol–water partition coefficient (Wildman–Crippen LogP) is 1.72. The first-order chi connectivity index (χ1) is 10.1. The summed E-state index contributed by atoms with van der Waals surface area (Å²) < 4.78 is 11.0. The Kier molecular flexibility index (Phi) is 6.72. The van der Waals surface area contributed by atoms with Gasteiger partial charge in [0, 0.05) is 0 Å². The number of benzene rings is 1. The molecule has 0 saturated carbocycles. The monoisotopic (exact) mass is 350 g/mol. The molecule has 0 unspecified atom stereocenters. The number of ether oxygens (including phenoxy) is 2. The van der Waals surface area contributed by atoms with E-state index >= 15 is 0 Å². The first-order valence-corrected chi connectivity index (χ1v) is 6.47. The minimum atomic E-state index is -0.492.